The molecule has 35 heavy (non-hydrogen) atoms. The number of aromatic nitrogens is 2. The number of rotatable bonds is 4. The molecular weight excluding hydrogens is 473 g/mol. The Balaban J connectivity index is 1.19. The number of amides is 2. The number of aliphatic hydroxyl groups excluding tert-OH is 1. The fourth-order valence-corrected chi connectivity index (χ4v) is 6.23. The van der Waals surface area contributed by atoms with Gasteiger partial charge >= 0.3 is 6.03 Å². The number of aliphatic hydroxyl groups is 1. The van der Waals surface area contributed by atoms with Gasteiger partial charge in [-0.05, 0) is 49.9 Å². The molecule has 0 unspecified atom stereocenters. The fraction of sp³-hybridized carbons (Fsp3) is 0.458. The van der Waals surface area contributed by atoms with Crippen LogP contribution in [0.1, 0.15) is 42.3 Å². The summed E-state index contributed by atoms with van der Waals surface area (Å²) in [6.45, 7) is 1.03. The highest BCUT2D eigenvalue weighted by Crippen LogP contribution is 2.43. The Morgan fingerprint density at radius 1 is 1.17 bits per heavy atom. The number of hydrogen-bond donors (Lipinski definition) is 3. The summed E-state index contributed by atoms with van der Waals surface area (Å²) in [7, 11) is 0. The van der Waals surface area contributed by atoms with Gasteiger partial charge in [0, 0.05) is 24.1 Å². The van der Waals surface area contributed by atoms with Gasteiger partial charge in [-0.25, -0.2) is 14.2 Å². The average Bonchev–Trinajstić information content (AvgIpc) is 3.48. The maximum atomic E-state index is 13.3. The first-order chi connectivity index (χ1) is 17.0. The van der Waals surface area contributed by atoms with Crippen LogP contribution in [0.25, 0.3) is 11.3 Å². The van der Waals surface area contributed by atoms with Gasteiger partial charge in [-0.1, -0.05) is 16.5 Å². The number of ether oxygens (including phenoxy) is 1. The molecule has 1 aromatic carbocycles. The van der Waals surface area contributed by atoms with Gasteiger partial charge in [-0.15, -0.1) is 0 Å². The molecule has 3 aromatic rings. The van der Waals surface area contributed by atoms with E-state index in [4.69, 9.17) is 14.2 Å². The van der Waals surface area contributed by atoms with Crippen molar-refractivity contribution in [2.24, 2.45) is 0 Å². The Hall–Kier alpha value is -3.02. The van der Waals surface area contributed by atoms with Crippen molar-refractivity contribution < 1.29 is 23.6 Å². The first kappa shape index (κ1) is 22.4. The zero-order chi connectivity index (χ0) is 23.9. The molecule has 9 nitrogen and oxygen atoms in total. The number of nitrogens with one attached hydrogen (secondary N) is 2. The van der Waals surface area contributed by atoms with Gasteiger partial charge in [-0.3, -0.25) is 5.32 Å². The second kappa shape index (κ2) is 9.21. The van der Waals surface area contributed by atoms with Crippen LogP contribution in [0.4, 0.5) is 20.1 Å². The largest absolute Gasteiger partial charge is 0.393 e. The van der Waals surface area contributed by atoms with Crippen LogP contribution in [0.5, 0.6) is 0 Å². The summed E-state index contributed by atoms with van der Waals surface area (Å²) in [6, 6.07) is 7.76. The molecule has 1 saturated heterocycles. The minimum absolute atomic E-state index is 0.0462. The van der Waals surface area contributed by atoms with Crippen molar-refractivity contribution >= 4 is 28.3 Å². The molecule has 11 heteroatoms. The molecule has 2 aliphatic heterocycles. The third-order valence-electron chi connectivity index (χ3n) is 6.92. The molecule has 2 aromatic heterocycles. The van der Waals surface area contributed by atoms with Crippen LogP contribution in [0.3, 0.4) is 0 Å². The SMILES string of the molecule is O=C(Nc1nc2c(s1)[C@@H]1COC[C@H](C2)N1c1cc(-c2ccc(F)cc2)on1)NC1CCC(O)CC1. The second-order valence-corrected chi connectivity index (χ2v) is 10.3. The summed E-state index contributed by atoms with van der Waals surface area (Å²) >= 11 is 1.45. The Labute approximate surface area is 205 Å². The lowest BCUT2D eigenvalue weighted by Gasteiger charge is -2.44. The number of carbonyl (C=O) groups is 1. The fourth-order valence-electron chi connectivity index (χ4n) is 5.16. The van der Waals surface area contributed by atoms with Crippen LogP contribution in [-0.2, 0) is 11.2 Å². The normalized spacial score (nSPS) is 25.7. The smallest absolute Gasteiger partial charge is 0.321 e. The summed E-state index contributed by atoms with van der Waals surface area (Å²) < 4.78 is 24.7. The summed E-state index contributed by atoms with van der Waals surface area (Å²) in [5, 5.41) is 20.4. The zero-order valence-corrected chi connectivity index (χ0v) is 19.8. The molecule has 1 saturated carbocycles. The van der Waals surface area contributed by atoms with E-state index in [0.717, 1.165) is 29.0 Å². The van der Waals surface area contributed by atoms with E-state index in [9.17, 15) is 14.3 Å². The van der Waals surface area contributed by atoms with Crippen LogP contribution in [-0.4, -0.2) is 52.7 Å². The molecule has 2 atom stereocenters. The molecule has 184 valence electrons. The van der Waals surface area contributed by atoms with Crippen molar-refractivity contribution in [1.29, 1.82) is 0 Å². The van der Waals surface area contributed by atoms with E-state index in [1.807, 2.05) is 6.07 Å². The van der Waals surface area contributed by atoms with E-state index >= 15 is 0 Å². The van der Waals surface area contributed by atoms with E-state index in [1.54, 1.807) is 12.1 Å². The molecule has 2 amide bonds. The molecular formula is C24H26FN5O4S. The van der Waals surface area contributed by atoms with Gasteiger partial charge in [0.25, 0.3) is 0 Å². The van der Waals surface area contributed by atoms with Crippen molar-refractivity contribution in [2.45, 2.75) is 56.3 Å². The molecule has 3 N–H and O–H groups in total. The molecule has 2 bridgehead atoms. The van der Waals surface area contributed by atoms with Crippen LogP contribution in [0, 0.1) is 5.82 Å². The maximum Gasteiger partial charge on any atom is 0.321 e. The van der Waals surface area contributed by atoms with Gasteiger partial charge < -0.3 is 24.6 Å². The van der Waals surface area contributed by atoms with Crippen molar-refractivity contribution in [3.8, 4) is 11.3 Å². The molecule has 1 aliphatic carbocycles. The standard InChI is InChI=1S/C24H26FN5O4S/c25-14-3-1-13(2-4-14)20-10-21(29-34-20)30-16-9-18-22(19(30)12-33-11-16)35-24(27-18)28-23(32)26-15-5-7-17(31)8-6-15/h1-4,10,15-17,19,31H,5-9,11-12H2,(H2,26,27,28,32)/t15?,16-,17?,19-/m0/s1. The molecule has 6 rings (SSSR count). The van der Waals surface area contributed by atoms with Crippen molar-refractivity contribution in [1.82, 2.24) is 15.5 Å². The number of urea groups is 1. The van der Waals surface area contributed by atoms with Gasteiger partial charge in [0.05, 0.1) is 42.0 Å². The average molecular weight is 500 g/mol. The number of fused-ring (bicyclic) bond motifs is 4. The highest BCUT2D eigenvalue weighted by atomic mass is 32.1. The summed E-state index contributed by atoms with van der Waals surface area (Å²) in [5.74, 6) is 0.973. The van der Waals surface area contributed by atoms with Gasteiger partial charge in [0.1, 0.15) is 5.82 Å². The predicted octanol–water partition coefficient (Wildman–Crippen LogP) is 3.86. The van der Waals surface area contributed by atoms with Gasteiger partial charge in [0.15, 0.2) is 16.7 Å². The van der Waals surface area contributed by atoms with E-state index in [2.05, 4.69) is 20.7 Å². The highest BCUT2D eigenvalue weighted by Gasteiger charge is 2.42. The monoisotopic (exact) mass is 499 g/mol. The third kappa shape index (κ3) is 4.51. The van der Waals surface area contributed by atoms with E-state index < -0.39 is 0 Å². The predicted molar refractivity (Wildman–Crippen MR) is 128 cm³/mol. The maximum absolute atomic E-state index is 13.3. The molecule has 2 fully saturated rings. The van der Waals surface area contributed by atoms with E-state index in [1.165, 1.54) is 23.5 Å². The summed E-state index contributed by atoms with van der Waals surface area (Å²) in [4.78, 5) is 20.5. The number of benzene rings is 1. The number of halogens is 1. The molecule has 0 spiro atoms. The number of thiazole rings is 1. The molecule has 3 aliphatic rings. The number of hydrogen-bond acceptors (Lipinski definition) is 8. The van der Waals surface area contributed by atoms with Crippen LogP contribution in [0.2, 0.25) is 0 Å². The van der Waals surface area contributed by atoms with Gasteiger partial charge in [-0.2, -0.15) is 0 Å². The molecule has 4 heterocycles. The number of anilines is 2. The Morgan fingerprint density at radius 3 is 2.77 bits per heavy atom. The zero-order valence-electron chi connectivity index (χ0n) is 18.9. The van der Waals surface area contributed by atoms with Crippen molar-refractivity contribution in [3.63, 3.8) is 0 Å². The van der Waals surface area contributed by atoms with E-state index in [-0.39, 0.29) is 36.1 Å². The highest BCUT2D eigenvalue weighted by molar-refractivity contribution is 7.16. The van der Waals surface area contributed by atoms with Gasteiger partial charge in [0.2, 0.25) is 0 Å². The Morgan fingerprint density at radius 2 is 1.97 bits per heavy atom. The Bertz CT molecular complexity index is 1210. The minimum atomic E-state index is -0.301. The number of morpholine rings is 1. The lowest BCUT2D eigenvalue weighted by atomic mass is 9.93. The van der Waals surface area contributed by atoms with Crippen molar-refractivity contribution in [3.05, 3.63) is 46.7 Å². The number of carbonyl (C=O) groups excluding carboxylic acids is 1. The first-order valence-electron chi connectivity index (χ1n) is 11.9. The second-order valence-electron chi connectivity index (χ2n) is 9.31. The minimum Gasteiger partial charge on any atom is -0.393 e. The van der Waals surface area contributed by atoms with Crippen LogP contribution < -0.4 is 15.5 Å². The van der Waals surface area contributed by atoms with E-state index in [0.29, 0.717) is 49.2 Å². The van der Waals surface area contributed by atoms with Crippen LogP contribution in [0.15, 0.2) is 34.9 Å². The van der Waals surface area contributed by atoms with Crippen LogP contribution >= 0.6 is 11.3 Å². The lowest BCUT2D eigenvalue weighted by molar-refractivity contribution is 0.0601. The first-order valence-corrected chi connectivity index (χ1v) is 12.7. The quantitative estimate of drug-likeness (QED) is 0.500. The topological polar surface area (TPSA) is 113 Å². The molecule has 0 radical (unpaired) electrons. The van der Waals surface area contributed by atoms with Crippen molar-refractivity contribution in [2.75, 3.05) is 23.4 Å². The lowest BCUT2D eigenvalue weighted by Crippen LogP contribution is -2.51. The third-order valence-corrected chi connectivity index (χ3v) is 8.03. The number of nitrogens with zero attached hydrogens (tertiary/aromatic N) is 3. The summed E-state index contributed by atoms with van der Waals surface area (Å²) in [5.41, 5.74) is 1.73. The Kier molecular flexibility index (Phi) is 5.91. The summed E-state index contributed by atoms with van der Waals surface area (Å²) in [6.07, 6.45) is 3.38.